The SMILES string of the molecule is CCCCCCCCc1ccc2cc3cc(C=C(c4cccc5ccccc45)C(CC)CCCCC)ccc3cc2c1. The number of benzene rings is 5. The number of hydrogen-bond donors (Lipinski definition) is 0. The third kappa shape index (κ3) is 7.52. The molecule has 0 fully saturated rings. The van der Waals surface area contributed by atoms with Crippen molar-refractivity contribution in [2.24, 2.45) is 5.92 Å². The van der Waals surface area contributed by atoms with Gasteiger partial charge >= 0.3 is 0 Å². The average molecular weight is 555 g/mol. The second-order valence-electron chi connectivity index (χ2n) is 12.4. The molecule has 0 spiro atoms. The summed E-state index contributed by atoms with van der Waals surface area (Å²) >= 11 is 0. The summed E-state index contributed by atoms with van der Waals surface area (Å²) in [5, 5.41) is 8.06. The Morgan fingerprint density at radius 3 is 2.07 bits per heavy atom. The maximum absolute atomic E-state index is 2.50. The number of allylic oxidation sites excluding steroid dienone is 1. The molecule has 0 saturated carbocycles. The minimum atomic E-state index is 0.555. The monoisotopic (exact) mass is 554 g/mol. The summed E-state index contributed by atoms with van der Waals surface area (Å²) < 4.78 is 0. The normalized spacial score (nSPS) is 12.9. The summed E-state index contributed by atoms with van der Waals surface area (Å²) in [4.78, 5) is 0. The van der Waals surface area contributed by atoms with Crippen LogP contribution in [0.4, 0.5) is 0 Å². The topological polar surface area (TPSA) is 0 Å². The number of hydrogen-bond acceptors (Lipinski definition) is 0. The van der Waals surface area contributed by atoms with Crippen molar-refractivity contribution in [3.05, 3.63) is 108 Å². The zero-order valence-electron chi connectivity index (χ0n) is 26.3. The Balaban J connectivity index is 1.46. The van der Waals surface area contributed by atoms with E-state index in [1.54, 1.807) is 0 Å². The maximum Gasteiger partial charge on any atom is -0.0109 e. The van der Waals surface area contributed by atoms with Crippen LogP contribution in [0, 0.1) is 5.92 Å². The molecular weight excluding hydrogens is 504 g/mol. The molecule has 1 atom stereocenters. The Labute approximate surface area is 254 Å². The molecule has 0 aliphatic carbocycles. The fourth-order valence-electron chi connectivity index (χ4n) is 6.71. The number of rotatable bonds is 15. The second-order valence-corrected chi connectivity index (χ2v) is 12.4. The zero-order valence-corrected chi connectivity index (χ0v) is 26.3. The van der Waals surface area contributed by atoms with E-state index in [-0.39, 0.29) is 0 Å². The largest absolute Gasteiger partial charge is 0.0654 e. The van der Waals surface area contributed by atoms with Gasteiger partial charge in [0.25, 0.3) is 0 Å². The molecule has 0 aliphatic rings. The van der Waals surface area contributed by atoms with Crippen LogP contribution >= 0.6 is 0 Å². The first-order valence-corrected chi connectivity index (χ1v) is 16.9. The van der Waals surface area contributed by atoms with Gasteiger partial charge in [0.15, 0.2) is 0 Å². The van der Waals surface area contributed by atoms with Crippen LogP contribution in [0.25, 0.3) is 44.0 Å². The minimum absolute atomic E-state index is 0.555. The van der Waals surface area contributed by atoms with E-state index in [0.29, 0.717) is 5.92 Å². The predicted octanol–water partition coefficient (Wildman–Crippen LogP) is 13.2. The van der Waals surface area contributed by atoms with E-state index in [2.05, 4.69) is 118 Å². The van der Waals surface area contributed by atoms with Gasteiger partial charge in [-0.1, -0.05) is 151 Å². The molecule has 5 rings (SSSR count). The molecule has 1 unspecified atom stereocenters. The standard InChI is InChI=1S/C42H50/c1-4-7-9-10-11-13-17-32-23-25-36-31-39-28-33(24-26-37(39)30-38(36)27-32)29-42(34(6-3)18-12-8-5-2)41-22-16-20-35-19-14-15-21-40(35)41/h14-16,19-31,34H,4-13,17-18H2,1-3H3. The highest BCUT2D eigenvalue weighted by atomic mass is 14.2. The third-order valence-electron chi connectivity index (χ3n) is 9.21. The molecule has 42 heavy (non-hydrogen) atoms. The highest BCUT2D eigenvalue weighted by Crippen LogP contribution is 2.37. The Hall–Kier alpha value is -3.38. The zero-order chi connectivity index (χ0) is 29.1. The van der Waals surface area contributed by atoms with Gasteiger partial charge in [-0.25, -0.2) is 0 Å². The van der Waals surface area contributed by atoms with E-state index in [1.807, 2.05) is 0 Å². The molecule has 0 radical (unpaired) electrons. The van der Waals surface area contributed by atoms with Gasteiger partial charge in [-0.05, 0) is 104 Å². The van der Waals surface area contributed by atoms with Crippen LogP contribution in [-0.2, 0) is 6.42 Å². The fraction of sp³-hybridized carbons (Fsp3) is 0.381. The molecule has 0 N–H and O–H groups in total. The summed E-state index contributed by atoms with van der Waals surface area (Å²) in [5.74, 6) is 0.555. The lowest BCUT2D eigenvalue weighted by molar-refractivity contribution is 0.540. The third-order valence-corrected chi connectivity index (χ3v) is 9.21. The first-order valence-electron chi connectivity index (χ1n) is 16.9. The number of aryl methyl sites for hydroxylation is 1. The van der Waals surface area contributed by atoms with Crippen molar-refractivity contribution >= 4 is 44.0 Å². The summed E-state index contributed by atoms with van der Waals surface area (Å²) in [6.07, 6.45) is 18.1. The van der Waals surface area contributed by atoms with E-state index < -0.39 is 0 Å². The van der Waals surface area contributed by atoms with Crippen molar-refractivity contribution in [1.29, 1.82) is 0 Å². The van der Waals surface area contributed by atoms with Crippen molar-refractivity contribution in [1.82, 2.24) is 0 Å². The predicted molar refractivity (Wildman–Crippen MR) is 188 cm³/mol. The van der Waals surface area contributed by atoms with Crippen LogP contribution < -0.4 is 0 Å². The van der Waals surface area contributed by atoms with E-state index in [9.17, 15) is 0 Å². The van der Waals surface area contributed by atoms with E-state index in [0.717, 1.165) is 6.42 Å². The summed E-state index contributed by atoms with van der Waals surface area (Å²) in [6, 6.07) is 34.7. The Kier molecular flexibility index (Phi) is 10.9. The molecule has 5 aromatic rings. The number of unbranched alkanes of at least 4 members (excludes halogenated alkanes) is 7. The molecule has 0 saturated heterocycles. The molecule has 0 bridgehead atoms. The summed E-state index contributed by atoms with van der Waals surface area (Å²) in [7, 11) is 0. The molecule has 0 heterocycles. The van der Waals surface area contributed by atoms with Gasteiger partial charge in [0.2, 0.25) is 0 Å². The van der Waals surface area contributed by atoms with Gasteiger partial charge in [0, 0.05) is 0 Å². The van der Waals surface area contributed by atoms with Crippen molar-refractivity contribution in [2.45, 2.75) is 97.8 Å². The van der Waals surface area contributed by atoms with E-state index in [1.165, 1.54) is 125 Å². The van der Waals surface area contributed by atoms with Gasteiger partial charge in [-0.15, -0.1) is 0 Å². The molecule has 0 heteroatoms. The molecular formula is C42H50. The smallest absolute Gasteiger partial charge is 0.0109 e. The van der Waals surface area contributed by atoms with Crippen LogP contribution in [0.3, 0.4) is 0 Å². The highest BCUT2D eigenvalue weighted by molar-refractivity contribution is 6.01. The minimum Gasteiger partial charge on any atom is -0.0654 e. The molecule has 0 amide bonds. The molecule has 0 aliphatic heterocycles. The average Bonchev–Trinajstić information content (AvgIpc) is 3.02. The quantitative estimate of drug-likeness (QED) is 0.0686. The lowest BCUT2D eigenvalue weighted by atomic mass is 9.83. The lowest BCUT2D eigenvalue weighted by Gasteiger charge is -2.21. The number of fused-ring (bicyclic) bond motifs is 3. The van der Waals surface area contributed by atoms with Crippen molar-refractivity contribution in [3.8, 4) is 0 Å². The second kappa shape index (κ2) is 15.2. The van der Waals surface area contributed by atoms with Crippen LogP contribution in [0.5, 0.6) is 0 Å². The van der Waals surface area contributed by atoms with E-state index in [4.69, 9.17) is 0 Å². The molecule has 218 valence electrons. The van der Waals surface area contributed by atoms with Crippen molar-refractivity contribution in [3.63, 3.8) is 0 Å². The molecule has 0 aromatic heterocycles. The van der Waals surface area contributed by atoms with Crippen LogP contribution in [-0.4, -0.2) is 0 Å². The first kappa shape index (κ1) is 30.1. The van der Waals surface area contributed by atoms with Crippen molar-refractivity contribution < 1.29 is 0 Å². The van der Waals surface area contributed by atoms with Crippen molar-refractivity contribution in [2.75, 3.05) is 0 Å². The van der Waals surface area contributed by atoms with Crippen LogP contribution in [0.1, 0.15) is 108 Å². The molecule has 0 nitrogen and oxygen atoms in total. The van der Waals surface area contributed by atoms with Gasteiger partial charge in [-0.2, -0.15) is 0 Å². The van der Waals surface area contributed by atoms with Gasteiger partial charge in [0.1, 0.15) is 0 Å². The maximum atomic E-state index is 2.50. The fourth-order valence-corrected chi connectivity index (χ4v) is 6.71. The van der Waals surface area contributed by atoms with Gasteiger partial charge < -0.3 is 0 Å². The van der Waals surface area contributed by atoms with Crippen LogP contribution in [0.2, 0.25) is 0 Å². The Bertz CT molecular complexity index is 1610. The molecule has 5 aromatic carbocycles. The van der Waals surface area contributed by atoms with Gasteiger partial charge in [-0.3, -0.25) is 0 Å². The van der Waals surface area contributed by atoms with E-state index >= 15 is 0 Å². The summed E-state index contributed by atoms with van der Waals surface area (Å²) in [5.41, 5.74) is 5.67. The highest BCUT2D eigenvalue weighted by Gasteiger charge is 2.17. The first-order chi connectivity index (χ1) is 20.7. The summed E-state index contributed by atoms with van der Waals surface area (Å²) in [6.45, 7) is 6.96. The Morgan fingerprint density at radius 2 is 1.26 bits per heavy atom. The Morgan fingerprint density at radius 1 is 0.571 bits per heavy atom. The van der Waals surface area contributed by atoms with Gasteiger partial charge in [0.05, 0.1) is 0 Å². The van der Waals surface area contributed by atoms with Crippen LogP contribution in [0.15, 0.2) is 91.0 Å². The lowest BCUT2D eigenvalue weighted by Crippen LogP contribution is -2.04.